The zero-order valence-corrected chi connectivity index (χ0v) is 12.7. The van der Waals surface area contributed by atoms with Crippen molar-refractivity contribution in [1.82, 2.24) is 14.5 Å². The highest BCUT2D eigenvalue weighted by molar-refractivity contribution is 5.91. The fraction of sp³-hybridized carbons (Fsp3) is 0.294. The minimum Gasteiger partial charge on any atom is -0.383 e. The fourth-order valence-electron chi connectivity index (χ4n) is 3.08. The first-order chi connectivity index (χ1) is 10.1. The van der Waals surface area contributed by atoms with Crippen LogP contribution in [0, 0.1) is 13.8 Å². The Hall–Kier alpha value is -2.36. The van der Waals surface area contributed by atoms with Crippen LogP contribution in [0.1, 0.15) is 36.2 Å². The van der Waals surface area contributed by atoms with Crippen LogP contribution in [0.15, 0.2) is 36.7 Å². The molecule has 0 saturated heterocycles. The van der Waals surface area contributed by atoms with Crippen LogP contribution in [0.3, 0.4) is 0 Å². The molecule has 1 unspecified atom stereocenters. The molecule has 2 N–H and O–H groups in total. The van der Waals surface area contributed by atoms with Crippen molar-refractivity contribution in [3.05, 3.63) is 53.5 Å². The minimum absolute atomic E-state index is 0.261. The van der Waals surface area contributed by atoms with E-state index in [1.54, 1.807) is 6.33 Å². The van der Waals surface area contributed by atoms with Gasteiger partial charge in [-0.2, -0.15) is 0 Å². The smallest absolute Gasteiger partial charge is 0.146 e. The van der Waals surface area contributed by atoms with Gasteiger partial charge in [0.15, 0.2) is 0 Å². The van der Waals surface area contributed by atoms with Gasteiger partial charge in [0.05, 0.1) is 11.4 Å². The molecule has 1 atom stereocenters. The Bertz CT molecular complexity index is 774. The van der Waals surface area contributed by atoms with E-state index in [0.29, 0.717) is 5.82 Å². The second kappa shape index (κ2) is 5.20. The summed E-state index contributed by atoms with van der Waals surface area (Å²) in [5.74, 6) is 0.558. The molecule has 3 aromatic rings. The number of nitrogens with two attached hydrogens (primary N) is 1. The van der Waals surface area contributed by atoms with Gasteiger partial charge in [-0.05, 0) is 31.4 Å². The molecule has 21 heavy (non-hydrogen) atoms. The van der Waals surface area contributed by atoms with Gasteiger partial charge in [0.25, 0.3) is 0 Å². The van der Waals surface area contributed by atoms with E-state index in [-0.39, 0.29) is 6.04 Å². The molecular weight excluding hydrogens is 260 g/mol. The van der Waals surface area contributed by atoms with Crippen molar-refractivity contribution >= 4 is 16.9 Å². The van der Waals surface area contributed by atoms with Crippen molar-refractivity contribution in [1.29, 1.82) is 0 Å². The quantitative estimate of drug-likeness (QED) is 0.797. The lowest BCUT2D eigenvalue weighted by atomic mass is 10.0. The van der Waals surface area contributed by atoms with Crippen LogP contribution in [0.4, 0.5) is 5.82 Å². The maximum Gasteiger partial charge on any atom is 0.146 e. The molecule has 1 aromatic carbocycles. The number of aromatic nitrogens is 3. The summed E-state index contributed by atoms with van der Waals surface area (Å²) >= 11 is 0. The first kappa shape index (κ1) is 13.6. The van der Waals surface area contributed by atoms with Crippen molar-refractivity contribution in [2.75, 3.05) is 5.73 Å². The largest absolute Gasteiger partial charge is 0.383 e. The summed E-state index contributed by atoms with van der Waals surface area (Å²) in [6, 6.07) is 10.8. The molecule has 2 heterocycles. The third-order valence-corrected chi connectivity index (χ3v) is 4.25. The number of hydrogen-bond donors (Lipinski definition) is 1. The molecule has 0 bridgehead atoms. The van der Waals surface area contributed by atoms with E-state index >= 15 is 0 Å². The van der Waals surface area contributed by atoms with E-state index in [4.69, 9.17) is 5.73 Å². The van der Waals surface area contributed by atoms with Crippen LogP contribution >= 0.6 is 0 Å². The Morgan fingerprint density at radius 3 is 2.52 bits per heavy atom. The first-order valence-electron chi connectivity index (χ1n) is 7.27. The molecule has 4 nitrogen and oxygen atoms in total. The molecule has 0 radical (unpaired) electrons. The van der Waals surface area contributed by atoms with Crippen molar-refractivity contribution in [2.24, 2.45) is 0 Å². The molecule has 0 spiro atoms. The topological polar surface area (TPSA) is 56.7 Å². The Morgan fingerprint density at radius 2 is 1.86 bits per heavy atom. The standard InChI is InChI=1S/C17H20N4/c1-4-14(13-8-6-5-7-9-13)21-12(3)11(2)15-16(18)19-10-20-17(15)21/h5-10,14H,4H2,1-3H3,(H2,18,19,20). The highest BCUT2D eigenvalue weighted by Gasteiger charge is 2.21. The van der Waals surface area contributed by atoms with Crippen LogP contribution < -0.4 is 5.73 Å². The van der Waals surface area contributed by atoms with Crippen molar-refractivity contribution in [2.45, 2.75) is 33.2 Å². The molecule has 0 aliphatic rings. The van der Waals surface area contributed by atoms with Crippen molar-refractivity contribution in [3.63, 3.8) is 0 Å². The van der Waals surface area contributed by atoms with Gasteiger partial charge in [0.1, 0.15) is 17.8 Å². The van der Waals surface area contributed by atoms with E-state index in [0.717, 1.165) is 23.0 Å². The summed E-state index contributed by atoms with van der Waals surface area (Å²) in [5.41, 5.74) is 10.6. The Kier molecular flexibility index (Phi) is 3.37. The summed E-state index contributed by atoms with van der Waals surface area (Å²) < 4.78 is 2.29. The minimum atomic E-state index is 0.261. The molecule has 0 aliphatic heterocycles. The molecule has 0 amide bonds. The number of nitrogens with zero attached hydrogens (tertiary/aromatic N) is 3. The number of aryl methyl sites for hydroxylation is 1. The van der Waals surface area contributed by atoms with Gasteiger partial charge in [-0.15, -0.1) is 0 Å². The van der Waals surface area contributed by atoms with Gasteiger partial charge < -0.3 is 10.3 Å². The molecule has 0 saturated carbocycles. The van der Waals surface area contributed by atoms with Gasteiger partial charge >= 0.3 is 0 Å². The van der Waals surface area contributed by atoms with Crippen molar-refractivity contribution < 1.29 is 0 Å². The number of hydrogen-bond acceptors (Lipinski definition) is 3. The molecule has 108 valence electrons. The first-order valence-corrected chi connectivity index (χ1v) is 7.27. The summed E-state index contributed by atoms with van der Waals surface area (Å²) in [5, 5.41) is 0.976. The third-order valence-electron chi connectivity index (χ3n) is 4.25. The van der Waals surface area contributed by atoms with E-state index in [2.05, 4.69) is 59.6 Å². The van der Waals surface area contributed by atoms with Gasteiger partial charge in [-0.25, -0.2) is 9.97 Å². The number of anilines is 1. The number of nitrogen functional groups attached to an aromatic ring is 1. The number of fused-ring (bicyclic) bond motifs is 1. The Balaban J connectivity index is 2.29. The van der Waals surface area contributed by atoms with Crippen LogP contribution in [-0.4, -0.2) is 14.5 Å². The lowest BCUT2D eigenvalue weighted by Crippen LogP contribution is -2.12. The monoisotopic (exact) mass is 280 g/mol. The van der Waals surface area contributed by atoms with Crippen LogP contribution in [0.25, 0.3) is 11.0 Å². The SMILES string of the molecule is CCC(c1ccccc1)n1c(C)c(C)c2c(N)ncnc21. The molecule has 0 fully saturated rings. The lowest BCUT2D eigenvalue weighted by molar-refractivity contribution is 0.568. The normalized spacial score (nSPS) is 12.7. The summed E-state index contributed by atoms with van der Waals surface area (Å²) in [4.78, 5) is 8.62. The molecule has 2 aromatic heterocycles. The second-order valence-corrected chi connectivity index (χ2v) is 5.37. The van der Waals surface area contributed by atoms with Gasteiger partial charge in [-0.1, -0.05) is 37.3 Å². The van der Waals surface area contributed by atoms with E-state index in [1.165, 1.54) is 11.3 Å². The lowest BCUT2D eigenvalue weighted by Gasteiger charge is -2.20. The number of rotatable bonds is 3. The van der Waals surface area contributed by atoms with Gasteiger partial charge in [0.2, 0.25) is 0 Å². The fourth-order valence-corrected chi connectivity index (χ4v) is 3.08. The zero-order chi connectivity index (χ0) is 15.0. The molecular formula is C17H20N4. The average Bonchev–Trinajstić information content (AvgIpc) is 2.76. The third kappa shape index (κ3) is 2.07. The number of benzene rings is 1. The maximum atomic E-state index is 6.06. The summed E-state index contributed by atoms with van der Waals surface area (Å²) in [7, 11) is 0. The van der Waals surface area contributed by atoms with E-state index in [1.807, 2.05) is 6.07 Å². The predicted octanol–water partition coefficient (Wildman–Crippen LogP) is 3.63. The molecule has 0 aliphatic carbocycles. The van der Waals surface area contributed by atoms with E-state index < -0.39 is 0 Å². The van der Waals surface area contributed by atoms with Gasteiger partial charge in [0, 0.05) is 5.69 Å². The van der Waals surface area contributed by atoms with Gasteiger partial charge in [-0.3, -0.25) is 0 Å². The summed E-state index contributed by atoms with van der Waals surface area (Å²) in [6.45, 7) is 6.41. The maximum absolute atomic E-state index is 6.06. The Labute approximate surface area is 124 Å². The molecule has 3 rings (SSSR count). The van der Waals surface area contributed by atoms with Crippen LogP contribution in [0.5, 0.6) is 0 Å². The van der Waals surface area contributed by atoms with Crippen molar-refractivity contribution in [3.8, 4) is 0 Å². The van der Waals surface area contributed by atoms with Crippen LogP contribution in [-0.2, 0) is 0 Å². The highest BCUT2D eigenvalue weighted by Crippen LogP contribution is 2.33. The summed E-state index contributed by atoms with van der Waals surface area (Å²) in [6.07, 6.45) is 2.54. The zero-order valence-electron chi connectivity index (χ0n) is 12.7. The van der Waals surface area contributed by atoms with E-state index in [9.17, 15) is 0 Å². The second-order valence-electron chi connectivity index (χ2n) is 5.37. The molecule has 4 heteroatoms. The van der Waals surface area contributed by atoms with Crippen LogP contribution in [0.2, 0.25) is 0 Å². The average molecular weight is 280 g/mol. The Morgan fingerprint density at radius 1 is 1.14 bits per heavy atom. The highest BCUT2D eigenvalue weighted by atomic mass is 15.1. The predicted molar refractivity (Wildman–Crippen MR) is 86.3 cm³/mol.